The third kappa shape index (κ3) is 3.01. The number of aryl methyl sites for hydroxylation is 2. The number of hydrogen-bond donors (Lipinski definition) is 2. The molecule has 1 aromatic rings. The van der Waals surface area contributed by atoms with Crippen LogP contribution in [0.3, 0.4) is 0 Å². The summed E-state index contributed by atoms with van der Waals surface area (Å²) >= 11 is 0. The van der Waals surface area contributed by atoms with Gasteiger partial charge in [0.05, 0.1) is 11.0 Å². The number of rotatable bonds is 3. The highest BCUT2D eigenvalue weighted by atomic mass is 16.6. The van der Waals surface area contributed by atoms with Crippen LogP contribution in [-0.2, 0) is 4.79 Å². The number of nitrogens with one attached hydrogen (secondary N) is 1. The van der Waals surface area contributed by atoms with Crippen molar-refractivity contribution in [2.75, 3.05) is 5.32 Å². The van der Waals surface area contributed by atoms with Gasteiger partial charge in [0.1, 0.15) is 5.69 Å². The number of anilines is 1. The number of amides is 1. The highest BCUT2D eigenvalue weighted by Gasteiger charge is 2.18. The number of benzene rings is 1. The molecule has 0 aliphatic heterocycles. The van der Waals surface area contributed by atoms with Gasteiger partial charge in [-0.05, 0) is 38.0 Å². The number of nitro benzene ring substituents is 1. The molecular formula is C11H15N3O3. The summed E-state index contributed by atoms with van der Waals surface area (Å²) in [5.41, 5.74) is 7.13. The number of carbonyl (C=O) groups excluding carboxylic acids is 1. The van der Waals surface area contributed by atoms with Crippen LogP contribution < -0.4 is 11.1 Å². The van der Waals surface area contributed by atoms with Crippen molar-refractivity contribution in [1.82, 2.24) is 0 Å². The van der Waals surface area contributed by atoms with Crippen molar-refractivity contribution in [1.29, 1.82) is 0 Å². The largest absolute Gasteiger partial charge is 0.320 e. The van der Waals surface area contributed by atoms with Crippen LogP contribution >= 0.6 is 0 Å². The molecule has 0 heterocycles. The number of nitrogens with zero attached hydrogens (tertiary/aromatic N) is 1. The van der Waals surface area contributed by atoms with Crippen molar-refractivity contribution >= 4 is 17.3 Å². The Bertz CT molecular complexity index is 469. The summed E-state index contributed by atoms with van der Waals surface area (Å²) in [5.74, 6) is -0.448. The first-order valence-electron chi connectivity index (χ1n) is 5.15. The van der Waals surface area contributed by atoms with Crippen molar-refractivity contribution < 1.29 is 9.72 Å². The van der Waals surface area contributed by atoms with Gasteiger partial charge in [-0.2, -0.15) is 0 Å². The van der Waals surface area contributed by atoms with Crippen LogP contribution in [0.2, 0.25) is 0 Å². The van der Waals surface area contributed by atoms with Crippen LogP contribution in [0.1, 0.15) is 18.1 Å². The molecule has 0 aliphatic carbocycles. The maximum Gasteiger partial charge on any atom is 0.293 e. The van der Waals surface area contributed by atoms with Gasteiger partial charge in [0, 0.05) is 6.07 Å². The molecule has 0 unspecified atom stereocenters. The molecule has 0 spiro atoms. The highest BCUT2D eigenvalue weighted by Crippen LogP contribution is 2.27. The number of hydrogen-bond acceptors (Lipinski definition) is 4. The minimum absolute atomic E-state index is 0.123. The molecule has 0 radical (unpaired) electrons. The van der Waals surface area contributed by atoms with Crippen molar-refractivity contribution in [2.45, 2.75) is 26.8 Å². The molecule has 0 aliphatic rings. The first-order valence-corrected chi connectivity index (χ1v) is 5.15. The second-order valence-electron chi connectivity index (χ2n) is 3.99. The third-order valence-electron chi connectivity index (χ3n) is 2.48. The van der Waals surface area contributed by atoms with Crippen LogP contribution in [0, 0.1) is 24.0 Å². The maximum absolute atomic E-state index is 11.4. The smallest absolute Gasteiger partial charge is 0.293 e. The second kappa shape index (κ2) is 4.92. The first kappa shape index (κ1) is 13.1. The molecule has 1 amide bonds. The minimum Gasteiger partial charge on any atom is -0.320 e. The van der Waals surface area contributed by atoms with E-state index in [1.165, 1.54) is 13.0 Å². The highest BCUT2D eigenvalue weighted by molar-refractivity contribution is 5.96. The van der Waals surface area contributed by atoms with Gasteiger partial charge < -0.3 is 11.1 Å². The lowest BCUT2D eigenvalue weighted by Crippen LogP contribution is -2.32. The first-order chi connectivity index (χ1) is 7.82. The SMILES string of the molecule is Cc1cc(NC(=O)[C@H](C)N)c([N+](=O)[O-])cc1C. The maximum atomic E-state index is 11.4. The van der Waals surface area contributed by atoms with Crippen molar-refractivity contribution in [2.24, 2.45) is 5.73 Å². The molecule has 1 atom stereocenters. The summed E-state index contributed by atoms with van der Waals surface area (Å²) in [6.45, 7) is 5.11. The van der Waals surface area contributed by atoms with E-state index in [1.54, 1.807) is 13.0 Å². The van der Waals surface area contributed by atoms with Gasteiger partial charge in [0.15, 0.2) is 0 Å². The van der Waals surface area contributed by atoms with Crippen LogP contribution in [0.5, 0.6) is 0 Å². The predicted octanol–water partition coefficient (Wildman–Crippen LogP) is 1.50. The van der Waals surface area contributed by atoms with E-state index in [0.29, 0.717) is 0 Å². The van der Waals surface area contributed by atoms with E-state index >= 15 is 0 Å². The van der Waals surface area contributed by atoms with E-state index in [4.69, 9.17) is 5.73 Å². The van der Waals surface area contributed by atoms with E-state index in [2.05, 4.69) is 5.32 Å². The summed E-state index contributed by atoms with van der Waals surface area (Å²) in [7, 11) is 0. The predicted molar refractivity (Wildman–Crippen MR) is 64.8 cm³/mol. The molecule has 17 heavy (non-hydrogen) atoms. The van der Waals surface area contributed by atoms with Crippen molar-refractivity contribution in [3.05, 3.63) is 33.4 Å². The summed E-state index contributed by atoms with van der Waals surface area (Å²) in [4.78, 5) is 21.8. The van der Waals surface area contributed by atoms with E-state index in [-0.39, 0.29) is 11.4 Å². The summed E-state index contributed by atoms with van der Waals surface area (Å²) in [6, 6.07) is 2.30. The van der Waals surface area contributed by atoms with E-state index in [9.17, 15) is 14.9 Å². The molecule has 0 saturated carbocycles. The zero-order valence-electron chi connectivity index (χ0n) is 9.98. The third-order valence-corrected chi connectivity index (χ3v) is 2.48. The Labute approximate surface area is 99.0 Å². The average molecular weight is 237 g/mol. The molecule has 0 fully saturated rings. The lowest BCUT2D eigenvalue weighted by atomic mass is 10.1. The van der Waals surface area contributed by atoms with Gasteiger partial charge in [-0.15, -0.1) is 0 Å². The van der Waals surface area contributed by atoms with Crippen LogP contribution in [0.25, 0.3) is 0 Å². The van der Waals surface area contributed by atoms with Crippen molar-refractivity contribution in [3.63, 3.8) is 0 Å². The lowest BCUT2D eigenvalue weighted by molar-refractivity contribution is -0.384. The zero-order chi connectivity index (χ0) is 13.2. The molecular weight excluding hydrogens is 222 g/mol. The molecule has 0 bridgehead atoms. The van der Waals surface area contributed by atoms with Gasteiger partial charge in [0.2, 0.25) is 5.91 Å². The molecule has 3 N–H and O–H groups in total. The van der Waals surface area contributed by atoms with Crippen LogP contribution in [0.15, 0.2) is 12.1 Å². The molecule has 6 heteroatoms. The molecule has 6 nitrogen and oxygen atoms in total. The fourth-order valence-corrected chi connectivity index (χ4v) is 1.30. The lowest BCUT2D eigenvalue weighted by Gasteiger charge is -2.10. The number of nitro groups is 1. The Hall–Kier alpha value is -1.95. The Balaban J connectivity index is 3.17. The fourth-order valence-electron chi connectivity index (χ4n) is 1.30. The van der Waals surface area contributed by atoms with Crippen LogP contribution in [0.4, 0.5) is 11.4 Å². The van der Waals surface area contributed by atoms with Gasteiger partial charge in [0.25, 0.3) is 5.69 Å². The molecule has 1 rings (SSSR count). The summed E-state index contributed by atoms with van der Waals surface area (Å²) < 4.78 is 0. The van der Waals surface area contributed by atoms with Gasteiger partial charge in [-0.3, -0.25) is 14.9 Å². The Morgan fingerprint density at radius 1 is 1.41 bits per heavy atom. The topological polar surface area (TPSA) is 98.3 Å². The summed E-state index contributed by atoms with van der Waals surface area (Å²) in [5, 5.41) is 13.3. The molecule has 1 aromatic carbocycles. The molecule has 92 valence electrons. The molecule has 0 aromatic heterocycles. The van der Waals surface area contributed by atoms with Gasteiger partial charge in [-0.1, -0.05) is 0 Å². The Morgan fingerprint density at radius 3 is 2.41 bits per heavy atom. The van der Waals surface area contributed by atoms with Gasteiger partial charge in [-0.25, -0.2) is 0 Å². The minimum atomic E-state index is -0.712. The Kier molecular flexibility index (Phi) is 3.80. The van der Waals surface area contributed by atoms with E-state index in [1.807, 2.05) is 6.92 Å². The summed E-state index contributed by atoms with van der Waals surface area (Å²) in [6.07, 6.45) is 0. The van der Waals surface area contributed by atoms with E-state index in [0.717, 1.165) is 11.1 Å². The Morgan fingerprint density at radius 2 is 1.94 bits per heavy atom. The fraction of sp³-hybridized carbons (Fsp3) is 0.364. The zero-order valence-corrected chi connectivity index (χ0v) is 9.98. The van der Waals surface area contributed by atoms with Gasteiger partial charge >= 0.3 is 0 Å². The monoisotopic (exact) mass is 237 g/mol. The standard InChI is InChI=1S/C11H15N3O3/c1-6-4-9(13-11(15)8(3)12)10(14(16)17)5-7(6)2/h4-5,8H,12H2,1-3H3,(H,13,15)/t8-/m0/s1. The van der Waals surface area contributed by atoms with Crippen LogP contribution in [-0.4, -0.2) is 16.9 Å². The normalized spacial score (nSPS) is 12.0. The quantitative estimate of drug-likeness (QED) is 0.614. The van der Waals surface area contributed by atoms with Crippen molar-refractivity contribution in [3.8, 4) is 0 Å². The number of carbonyl (C=O) groups is 1. The molecule has 0 saturated heterocycles. The number of nitrogens with two attached hydrogens (primary N) is 1. The van der Waals surface area contributed by atoms with E-state index < -0.39 is 16.9 Å². The second-order valence-corrected chi connectivity index (χ2v) is 3.99. The average Bonchev–Trinajstić information content (AvgIpc) is 2.22.